The highest BCUT2D eigenvalue weighted by molar-refractivity contribution is 7.85. The van der Waals surface area contributed by atoms with Crippen LogP contribution in [0.25, 0.3) is 0 Å². The Balaban J connectivity index is 2.04. The number of hydrogen-bond donors (Lipinski definition) is 1. The number of rotatable bonds is 7. The van der Waals surface area contributed by atoms with Crippen LogP contribution >= 0.6 is 11.6 Å². The summed E-state index contributed by atoms with van der Waals surface area (Å²) in [6.45, 7) is 1.97. The van der Waals surface area contributed by atoms with Crippen molar-refractivity contribution in [2.75, 3.05) is 0 Å². The van der Waals surface area contributed by atoms with Crippen molar-refractivity contribution < 1.29 is 18.5 Å². The monoisotopic (exact) mass is 368 g/mol. The van der Waals surface area contributed by atoms with Crippen LogP contribution < -0.4 is 0 Å². The molecule has 2 aromatic carbocycles. The summed E-state index contributed by atoms with van der Waals surface area (Å²) in [6.07, 6.45) is 0.742. The minimum absolute atomic E-state index is 0.145. The predicted molar refractivity (Wildman–Crippen MR) is 94.2 cm³/mol. The molecule has 0 aromatic heterocycles. The third-order valence-electron chi connectivity index (χ3n) is 3.72. The van der Waals surface area contributed by atoms with E-state index in [9.17, 15) is 18.5 Å². The first-order valence-corrected chi connectivity index (χ1v) is 9.22. The van der Waals surface area contributed by atoms with Gasteiger partial charge in [-0.05, 0) is 37.5 Å². The summed E-state index contributed by atoms with van der Waals surface area (Å²) < 4.78 is 26.2. The van der Waals surface area contributed by atoms with Gasteiger partial charge in [0.15, 0.2) is 0 Å². The molecule has 0 spiro atoms. The van der Waals surface area contributed by atoms with E-state index in [0.29, 0.717) is 6.42 Å². The van der Waals surface area contributed by atoms with Gasteiger partial charge in [-0.1, -0.05) is 47.5 Å². The number of aryl methyl sites for hydroxylation is 2. The van der Waals surface area contributed by atoms with Crippen molar-refractivity contribution in [1.29, 1.82) is 0 Å². The Morgan fingerprint density at radius 3 is 2.50 bits per heavy atom. The van der Waals surface area contributed by atoms with Crippen LogP contribution in [0.15, 0.2) is 42.5 Å². The van der Waals surface area contributed by atoms with Crippen LogP contribution in [0.3, 0.4) is 0 Å². The average Bonchev–Trinajstić information content (AvgIpc) is 2.52. The second-order valence-electron chi connectivity index (χ2n) is 5.61. The Bertz CT molecular complexity index is 746. The van der Waals surface area contributed by atoms with E-state index in [-0.39, 0.29) is 22.8 Å². The Morgan fingerprint density at radius 1 is 1.25 bits per heavy atom. The lowest BCUT2D eigenvalue weighted by atomic mass is 10.1. The van der Waals surface area contributed by atoms with Crippen LogP contribution in [0.1, 0.15) is 23.1 Å². The Morgan fingerprint density at radius 2 is 1.92 bits per heavy atom. The van der Waals surface area contributed by atoms with E-state index in [1.165, 1.54) is 12.1 Å². The highest BCUT2D eigenvalue weighted by atomic mass is 35.5. The van der Waals surface area contributed by atoms with Gasteiger partial charge < -0.3 is 5.11 Å². The van der Waals surface area contributed by atoms with Gasteiger partial charge in [0.2, 0.25) is 0 Å². The molecule has 0 fully saturated rings. The van der Waals surface area contributed by atoms with E-state index in [4.69, 9.17) is 11.6 Å². The van der Waals surface area contributed by atoms with E-state index in [1.54, 1.807) is 0 Å². The zero-order valence-corrected chi connectivity index (χ0v) is 14.7. The maximum absolute atomic E-state index is 13.8. The molecule has 0 saturated carbocycles. The lowest BCUT2D eigenvalue weighted by molar-refractivity contribution is -0.136. The van der Waals surface area contributed by atoms with Gasteiger partial charge in [0, 0.05) is 21.4 Å². The summed E-state index contributed by atoms with van der Waals surface area (Å²) >= 11 is 5.69. The summed E-state index contributed by atoms with van der Waals surface area (Å²) in [7, 11) is -1.72. The lowest BCUT2D eigenvalue weighted by Gasteiger charge is -2.13. The quantitative estimate of drug-likeness (QED) is 0.799. The number of carbonyl (C=O) groups is 1. The first kappa shape index (κ1) is 18.6. The van der Waals surface area contributed by atoms with E-state index >= 15 is 0 Å². The molecule has 0 saturated heterocycles. The Hall–Kier alpha value is -1.72. The number of carboxylic acids is 1. The van der Waals surface area contributed by atoms with Gasteiger partial charge in [0.25, 0.3) is 0 Å². The summed E-state index contributed by atoms with van der Waals surface area (Å²) in [4.78, 5) is 11.4. The summed E-state index contributed by atoms with van der Waals surface area (Å²) in [5.74, 6) is -1.85. The second-order valence-corrected chi connectivity index (χ2v) is 7.67. The summed E-state index contributed by atoms with van der Waals surface area (Å²) in [5, 5.41) is 8.56. The number of halogens is 2. The molecule has 0 aliphatic rings. The minimum Gasteiger partial charge on any atom is -0.480 e. The number of aliphatic carboxylic acids is 1. The molecule has 1 N–H and O–H groups in total. The first-order chi connectivity index (χ1) is 11.4. The average molecular weight is 369 g/mol. The van der Waals surface area contributed by atoms with Crippen molar-refractivity contribution in [3.63, 3.8) is 0 Å². The normalized spacial score (nSPS) is 13.5. The minimum atomic E-state index is -1.72. The summed E-state index contributed by atoms with van der Waals surface area (Å²) in [5.41, 5.74) is 2.32. The van der Waals surface area contributed by atoms with Gasteiger partial charge in [-0.15, -0.1) is 0 Å². The van der Waals surface area contributed by atoms with Gasteiger partial charge in [0.05, 0.1) is 5.75 Å². The van der Waals surface area contributed by atoms with Crippen molar-refractivity contribution in [3.8, 4) is 0 Å². The number of hydrogen-bond acceptors (Lipinski definition) is 2. The lowest BCUT2D eigenvalue weighted by Crippen LogP contribution is -2.27. The van der Waals surface area contributed by atoms with Crippen molar-refractivity contribution >= 4 is 28.4 Å². The molecule has 0 heterocycles. The van der Waals surface area contributed by atoms with E-state index in [0.717, 1.165) is 17.2 Å². The summed E-state index contributed by atoms with van der Waals surface area (Å²) in [6, 6.07) is 11.8. The molecule has 0 radical (unpaired) electrons. The SMILES string of the molecule is Cc1ccc(CCC(C(=O)O)S(=O)Cc2ccc(Cl)cc2F)cc1. The molecule has 2 atom stereocenters. The Labute approximate surface area is 147 Å². The first-order valence-electron chi connectivity index (χ1n) is 7.46. The highest BCUT2D eigenvalue weighted by Crippen LogP contribution is 2.19. The molecule has 6 heteroatoms. The molecule has 0 amide bonds. The van der Waals surface area contributed by atoms with Crippen LogP contribution in [0, 0.1) is 12.7 Å². The molecule has 3 nitrogen and oxygen atoms in total. The third kappa shape index (κ3) is 5.14. The molecular formula is C18H18ClFO3S. The van der Waals surface area contributed by atoms with E-state index in [2.05, 4.69) is 0 Å². The fourth-order valence-electron chi connectivity index (χ4n) is 2.31. The van der Waals surface area contributed by atoms with Crippen molar-refractivity contribution in [2.24, 2.45) is 0 Å². The molecule has 2 unspecified atom stereocenters. The van der Waals surface area contributed by atoms with Crippen molar-refractivity contribution in [3.05, 3.63) is 70.0 Å². The molecule has 128 valence electrons. The third-order valence-corrected chi connectivity index (χ3v) is 5.62. The smallest absolute Gasteiger partial charge is 0.319 e. The maximum Gasteiger partial charge on any atom is 0.319 e. The maximum atomic E-state index is 13.8. The molecular weight excluding hydrogens is 351 g/mol. The van der Waals surface area contributed by atoms with Crippen LogP contribution in [0.2, 0.25) is 5.02 Å². The van der Waals surface area contributed by atoms with Crippen molar-refractivity contribution in [1.82, 2.24) is 0 Å². The molecule has 24 heavy (non-hydrogen) atoms. The topological polar surface area (TPSA) is 54.4 Å². The second kappa shape index (κ2) is 8.40. The molecule has 0 aliphatic heterocycles. The molecule has 2 aromatic rings. The molecule has 0 bridgehead atoms. The Kier molecular flexibility index (Phi) is 6.52. The largest absolute Gasteiger partial charge is 0.480 e. The van der Waals surface area contributed by atoms with Gasteiger partial charge in [-0.2, -0.15) is 0 Å². The predicted octanol–water partition coefficient (Wildman–Crippen LogP) is 4.12. The van der Waals surface area contributed by atoms with Gasteiger partial charge >= 0.3 is 5.97 Å². The van der Waals surface area contributed by atoms with Crippen LogP contribution in [0.4, 0.5) is 4.39 Å². The van der Waals surface area contributed by atoms with Crippen LogP contribution in [0.5, 0.6) is 0 Å². The molecule has 0 aliphatic carbocycles. The van der Waals surface area contributed by atoms with E-state index in [1.807, 2.05) is 31.2 Å². The van der Waals surface area contributed by atoms with Crippen LogP contribution in [-0.4, -0.2) is 20.5 Å². The van der Waals surface area contributed by atoms with Gasteiger partial charge in [-0.3, -0.25) is 9.00 Å². The highest BCUT2D eigenvalue weighted by Gasteiger charge is 2.25. The van der Waals surface area contributed by atoms with Crippen LogP contribution in [-0.2, 0) is 27.8 Å². The fraction of sp³-hybridized carbons (Fsp3) is 0.278. The van der Waals surface area contributed by atoms with Crippen molar-refractivity contribution in [2.45, 2.75) is 30.8 Å². The molecule has 2 rings (SSSR count). The fourth-order valence-corrected chi connectivity index (χ4v) is 3.82. The zero-order chi connectivity index (χ0) is 17.7. The van der Waals surface area contributed by atoms with Gasteiger partial charge in [0.1, 0.15) is 11.1 Å². The standard InChI is InChI=1S/C18H18ClFO3S/c1-12-2-4-13(5-3-12)6-9-17(18(21)22)24(23)11-14-7-8-15(19)10-16(14)20/h2-5,7-8,10,17H,6,9,11H2,1H3,(H,21,22). The van der Waals surface area contributed by atoms with Gasteiger partial charge in [-0.25, -0.2) is 4.39 Å². The number of benzene rings is 2. The number of carboxylic acid groups (broad SMARTS) is 1. The van der Waals surface area contributed by atoms with E-state index < -0.39 is 27.8 Å². The zero-order valence-electron chi connectivity index (χ0n) is 13.2.